The third kappa shape index (κ3) is 3.17. The van der Waals surface area contributed by atoms with Gasteiger partial charge in [0.15, 0.2) is 0 Å². The molecule has 9 heteroatoms. The minimum absolute atomic E-state index is 0.0329. The summed E-state index contributed by atoms with van der Waals surface area (Å²) in [5.41, 5.74) is 0.190. The topological polar surface area (TPSA) is 95.7 Å². The zero-order valence-corrected chi connectivity index (χ0v) is 12.0. The second-order valence-corrected chi connectivity index (χ2v) is 6.06. The molecule has 0 amide bonds. The molecule has 1 aromatic carbocycles. The van der Waals surface area contributed by atoms with Crippen LogP contribution in [0.2, 0.25) is 10.2 Å². The number of hydrogen-bond donors (Lipinski definition) is 1. The Hall–Kier alpha value is -1.88. The summed E-state index contributed by atoms with van der Waals surface area (Å²) in [7, 11) is -3.87. The molecule has 0 aliphatic carbocycles. The molecule has 0 saturated carbocycles. The van der Waals surface area contributed by atoms with E-state index in [9.17, 15) is 8.42 Å². The molecular weight excluding hydrogens is 323 g/mol. The van der Waals surface area contributed by atoms with Gasteiger partial charge in [0.05, 0.1) is 15.5 Å². The highest BCUT2D eigenvalue weighted by atomic mass is 35.5. The van der Waals surface area contributed by atoms with Gasteiger partial charge in [-0.1, -0.05) is 23.2 Å². The number of rotatable bonds is 3. The minimum Gasteiger partial charge on any atom is -0.263 e. The molecule has 1 aromatic heterocycles. The van der Waals surface area contributed by atoms with Crippen LogP contribution in [-0.2, 0) is 10.0 Å². The number of halogens is 2. The maximum absolute atomic E-state index is 12.1. The van der Waals surface area contributed by atoms with Crippen molar-refractivity contribution < 1.29 is 8.42 Å². The monoisotopic (exact) mass is 328 g/mol. The third-order valence-corrected chi connectivity index (χ3v) is 4.12. The van der Waals surface area contributed by atoms with Crippen molar-refractivity contribution in [2.45, 2.75) is 4.90 Å². The molecule has 0 spiro atoms. The Morgan fingerprint density at radius 2 is 1.95 bits per heavy atom. The SMILES string of the molecule is N#Cc1ccc(S(=O)(=O)Nc2cc(Cl)ncn2)cc1Cl. The first kappa shape index (κ1) is 14.5. The lowest BCUT2D eigenvalue weighted by Crippen LogP contribution is -2.14. The number of aromatic nitrogens is 2. The minimum atomic E-state index is -3.87. The number of sulfonamides is 1. The van der Waals surface area contributed by atoms with Crippen LogP contribution in [0.5, 0.6) is 0 Å². The molecule has 0 fully saturated rings. The summed E-state index contributed by atoms with van der Waals surface area (Å²) in [6.45, 7) is 0. The van der Waals surface area contributed by atoms with Gasteiger partial charge >= 0.3 is 0 Å². The molecular formula is C11H6Cl2N4O2S. The average Bonchev–Trinajstić information content (AvgIpc) is 2.38. The molecule has 20 heavy (non-hydrogen) atoms. The fraction of sp³-hybridized carbons (Fsp3) is 0. The van der Waals surface area contributed by atoms with Crippen molar-refractivity contribution in [2.24, 2.45) is 0 Å². The summed E-state index contributed by atoms with van der Waals surface area (Å²) in [4.78, 5) is 7.29. The standard InChI is InChI=1S/C11H6Cl2N4O2S/c12-9-3-8(2-1-7(9)5-14)20(18,19)17-11-4-10(13)15-6-16-11/h1-4,6H,(H,15,16,17). The molecule has 0 aliphatic heterocycles. The van der Waals surface area contributed by atoms with Crippen LogP contribution in [0.4, 0.5) is 5.82 Å². The van der Waals surface area contributed by atoms with E-state index in [1.807, 2.05) is 6.07 Å². The Morgan fingerprint density at radius 3 is 2.55 bits per heavy atom. The Kier molecular flexibility index (Phi) is 4.09. The molecule has 6 nitrogen and oxygen atoms in total. The van der Waals surface area contributed by atoms with E-state index in [-0.39, 0.29) is 26.5 Å². The maximum atomic E-state index is 12.1. The van der Waals surface area contributed by atoms with Gasteiger partial charge in [-0.3, -0.25) is 4.72 Å². The van der Waals surface area contributed by atoms with E-state index in [0.29, 0.717) is 0 Å². The number of benzene rings is 1. The van der Waals surface area contributed by atoms with Crippen LogP contribution in [0.1, 0.15) is 5.56 Å². The van der Waals surface area contributed by atoms with Gasteiger partial charge in [-0.2, -0.15) is 5.26 Å². The molecule has 0 radical (unpaired) electrons. The molecule has 0 aliphatic rings. The van der Waals surface area contributed by atoms with Gasteiger partial charge < -0.3 is 0 Å². The molecule has 0 saturated heterocycles. The lowest BCUT2D eigenvalue weighted by Gasteiger charge is -2.07. The molecule has 0 bridgehead atoms. The largest absolute Gasteiger partial charge is 0.263 e. The van der Waals surface area contributed by atoms with Crippen LogP contribution >= 0.6 is 23.2 Å². The van der Waals surface area contributed by atoms with Gasteiger partial charge in [0.1, 0.15) is 23.4 Å². The van der Waals surface area contributed by atoms with Crippen molar-refractivity contribution in [1.29, 1.82) is 5.26 Å². The quantitative estimate of drug-likeness (QED) is 0.873. The molecule has 0 unspecified atom stereocenters. The van der Waals surface area contributed by atoms with Gasteiger partial charge in [0.25, 0.3) is 10.0 Å². The molecule has 1 heterocycles. The van der Waals surface area contributed by atoms with Crippen molar-refractivity contribution >= 4 is 39.0 Å². The molecule has 2 rings (SSSR count). The van der Waals surface area contributed by atoms with E-state index in [4.69, 9.17) is 28.5 Å². The Balaban J connectivity index is 2.36. The van der Waals surface area contributed by atoms with Crippen molar-refractivity contribution in [3.05, 3.63) is 46.3 Å². The van der Waals surface area contributed by atoms with E-state index >= 15 is 0 Å². The maximum Gasteiger partial charge on any atom is 0.263 e. The fourth-order valence-electron chi connectivity index (χ4n) is 1.34. The second-order valence-electron chi connectivity index (χ2n) is 3.58. The fourth-order valence-corrected chi connectivity index (χ4v) is 2.80. The van der Waals surface area contributed by atoms with E-state index in [0.717, 1.165) is 6.33 Å². The highest BCUT2D eigenvalue weighted by molar-refractivity contribution is 7.92. The summed E-state index contributed by atoms with van der Waals surface area (Å²) in [5, 5.41) is 8.91. The third-order valence-electron chi connectivity index (χ3n) is 2.24. The summed E-state index contributed by atoms with van der Waals surface area (Å²) in [6.07, 6.45) is 1.13. The molecule has 0 atom stereocenters. The summed E-state index contributed by atoms with van der Waals surface area (Å²) >= 11 is 11.4. The predicted molar refractivity (Wildman–Crippen MR) is 74.0 cm³/mol. The van der Waals surface area contributed by atoms with Crippen LogP contribution in [0.25, 0.3) is 0 Å². The normalized spacial score (nSPS) is 10.8. The average molecular weight is 329 g/mol. The number of nitrogens with zero attached hydrogens (tertiary/aromatic N) is 3. The highest BCUT2D eigenvalue weighted by Crippen LogP contribution is 2.22. The van der Waals surface area contributed by atoms with Crippen LogP contribution in [-0.4, -0.2) is 18.4 Å². The van der Waals surface area contributed by atoms with Gasteiger partial charge in [-0.25, -0.2) is 18.4 Å². The van der Waals surface area contributed by atoms with Gasteiger partial charge in [-0.15, -0.1) is 0 Å². The highest BCUT2D eigenvalue weighted by Gasteiger charge is 2.16. The van der Waals surface area contributed by atoms with E-state index in [1.165, 1.54) is 24.3 Å². The van der Waals surface area contributed by atoms with Crippen molar-refractivity contribution in [3.63, 3.8) is 0 Å². The van der Waals surface area contributed by atoms with E-state index in [2.05, 4.69) is 14.7 Å². The number of hydrogen-bond acceptors (Lipinski definition) is 5. The first-order valence-corrected chi connectivity index (χ1v) is 7.36. The number of nitriles is 1. The first-order valence-electron chi connectivity index (χ1n) is 5.12. The number of anilines is 1. The summed E-state index contributed by atoms with van der Waals surface area (Å²) in [6, 6.07) is 6.90. The van der Waals surface area contributed by atoms with Crippen LogP contribution in [0, 0.1) is 11.3 Å². The Morgan fingerprint density at radius 1 is 1.20 bits per heavy atom. The summed E-state index contributed by atoms with van der Waals surface area (Å²) in [5.74, 6) is 0.0329. The Bertz CT molecular complexity index is 802. The smallest absolute Gasteiger partial charge is 0.263 e. The van der Waals surface area contributed by atoms with Gasteiger partial charge in [0.2, 0.25) is 0 Å². The van der Waals surface area contributed by atoms with E-state index < -0.39 is 10.0 Å². The van der Waals surface area contributed by atoms with E-state index in [1.54, 1.807) is 0 Å². The second kappa shape index (κ2) is 5.63. The Labute approximate surface area is 125 Å². The van der Waals surface area contributed by atoms with Crippen molar-refractivity contribution in [1.82, 2.24) is 9.97 Å². The predicted octanol–water partition coefficient (Wildman–Crippen LogP) is 2.46. The molecule has 102 valence electrons. The number of nitrogens with one attached hydrogen (secondary N) is 1. The van der Waals surface area contributed by atoms with Crippen LogP contribution in [0.3, 0.4) is 0 Å². The van der Waals surface area contributed by atoms with Crippen LogP contribution < -0.4 is 4.72 Å². The van der Waals surface area contributed by atoms with Gasteiger partial charge in [0, 0.05) is 6.07 Å². The summed E-state index contributed by atoms with van der Waals surface area (Å²) < 4.78 is 26.5. The van der Waals surface area contributed by atoms with Gasteiger partial charge in [-0.05, 0) is 18.2 Å². The molecule has 2 aromatic rings. The zero-order valence-electron chi connectivity index (χ0n) is 9.71. The molecule has 1 N–H and O–H groups in total. The lowest BCUT2D eigenvalue weighted by molar-refractivity contribution is 0.601. The van der Waals surface area contributed by atoms with Crippen LogP contribution in [0.15, 0.2) is 35.5 Å². The lowest BCUT2D eigenvalue weighted by atomic mass is 10.2. The first-order chi connectivity index (χ1) is 9.42. The van der Waals surface area contributed by atoms with Crippen molar-refractivity contribution in [2.75, 3.05) is 4.72 Å². The van der Waals surface area contributed by atoms with Crippen molar-refractivity contribution in [3.8, 4) is 6.07 Å². The zero-order chi connectivity index (χ0) is 14.8.